The van der Waals surface area contributed by atoms with Crippen LogP contribution < -0.4 is 10.6 Å². The van der Waals surface area contributed by atoms with Gasteiger partial charge in [0.05, 0.1) is 11.4 Å². The van der Waals surface area contributed by atoms with E-state index in [1.54, 1.807) is 11.7 Å². The Kier molecular flexibility index (Phi) is 3.88. The Morgan fingerprint density at radius 3 is 2.52 bits per heavy atom. The van der Waals surface area contributed by atoms with Crippen LogP contribution in [0.1, 0.15) is 12.6 Å². The third kappa shape index (κ3) is 3.35. The molecule has 0 aliphatic rings. The molecule has 2 rings (SSSR count). The Hall–Kier alpha value is -2.90. The summed E-state index contributed by atoms with van der Waals surface area (Å²) in [7, 11) is 1.79. The number of rotatable bonds is 3. The van der Waals surface area contributed by atoms with Gasteiger partial charge in [0.1, 0.15) is 5.82 Å². The molecule has 0 aromatic carbocycles. The Bertz CT molecular complexity index is 688. The summed E-state index contributed by atoms with van der Waals surface area (Å²) in [4.78, 5) is 26.0. The summed E-state index contributed by atoms with van der Waals surface area (Å²) in [6.45, 7) is 3.24. The molecular weight excluding hydrogens is 274 g/mol. The van der Waals surface area contributed by atoms with Crippen LogP contribution in [0.4, 0.5) is 16.3 Å². The molecule has 0 aliphatic carbocycles. The third-order valence-electron chi connectivity index (χ3n) is 2.84. The number of nitrogens with zero attached hydrogens (tertiary/aromatic N) is 3. The van der Waals surface area contributed by atoms with E-state index in [9.17, 15) is 9.59 Å². The maximum absolute atomic E-state index is 11.0. The zero-order valence-corrected chi connectivity index (χ0v) is 11.8. The molecule has 110 valence electrons. The van der Waals surface area contributed by atoms with Crippen molar-refractivity contribution in [2.24, 2.45) is 7.05 Å². The van der Waals surface area contributed by atoms with Crippen LogP contribution in [0.3, 0.4) is 0 Å². The van der Waals surface area contributed by atoms with Crippen molar-refractivity contribution in [1.29, 1.82) is 0 Å². The average Bonchev–Trinajstić information content (AvgIpc) is 2.68. The normalized spacial score (nSPS) is 10.2. The van der Waals surface area contributed by atoms with Crippen molar-refractivity contribution in [1.82, 2.24) is 14.8 Å². The van der Waals surface area contributed by atoms with Gasteiger partial charge in [-0.1, -0.05) is 0 Å². The Labute approximate surface area is 120 Å². The first kappa shape index (κ1) is 14.5. The standard InChI is InChI=1S/C13H15N5O3/c1-7-4-11(17-18(7)3)9-6-14-12(15-8(2)19)5-10(9)16-13(20)21/h4-6H,1-3H3,(H,20,21)(H2,14,15,16,19). The molecule has 0 radical (unpaired) electrons. The number of hydrogen-bond donors (Lipinski definition) is 3. The summed E-state index contributed by atoms with van der Waals surface area (Å²) < 4.78 is 1.68. The summed E-state index contributed by atoms with van der Waals surface area (Å²) in [5.41, 5.74) is 2.37. The molecule has 8 heteroatoms. The number of anilines is 2. The topological polar surface area (TPSA) is 109 Å². The van der Waals surface area contributed by atoms with Gasteiger partial charge in [0.15, 0.2) is 0 Å². The SMILES string of the molecule is CC(=O)Nc1cc(NC(=O)O)c(-c2cc(C)n(C)n2)cn1. The molecule has 21 heavy (non-hydrogen) atoms. The average molecular weight is 289 g/mol. The van der Waals surface area contributed by atoms with Gasteiger partial charge in [-0.3, -0.25) is 14.8 Å². The van der Waals surface area contributed by atoms with Crippen molar-refractivity contribution in [3.05, 3.63) is 24.0 Å². The fourth-order valence-corrected chi connectivity index (χ4v) is 1.82. The van der Waals surface area contributed by atoms with Gasteiger partial charge in [0.25, 0.3) is 0 Å². The van der Waals surface area contributed by atoms with E-state index in [1.165, 1.54) is 19.2 Å². The highest BCUT2D eigenvalue weighted by atomic mass is 16.4. The van der Waals surface area contributed by atoms with Gasteiger partial charge in [-0.15, -0.1) is 0 Å². The van der Waals surface area contributed by atoms with Crippen LogP contribution in [0.5, 0.6) is 0 Å². The van der Waals surface area contributed by atoms with Gasteiger partial charge in [-0.2, -0.15) is 5.10 Å². The van der Waals surface area contributed by atoms with E-state index in [4.69, 9.17) is 5.11 Å². The van der Waals surface area contributed by atoms with Crippen molar-refractivity contribution < 1.29 is 14.7 Å². The van der Waals surface area contributed by atoms with E-state index in [2.05, 4.69) is 20.7 Å². The predicted molar refractivity (Wildman–Crippen MR) is 77.1 cm³/mol. The van der Waals surface area contributed by atoms with E-state index in [-0.39, 0.29) is 11.7 Å². The summed E-state index contributed by atoms with van der Waals surface area (Å²) in [6.07, 6.45) is 0.266. The Morgan fingerprint density at radius 2 is 2.00 bits per heavy atom. The Balaban J connectivity index is 2.48. The molecule has 2 aromatic rings. The lowest BCUT2D eigenvalue weighted by atomic mass is 10.1. The molecule has 2 amide bonds. The molecule has 0 unspecified atom stereocenters. The summed E-state index contributed by atoms with van der Waals surface area (Å²) in [5, 5.41) is 18.0. The van der Waals surface area contributed by atoms with Gasteiger partial charge in [-0.25, -0.2) is 9.78 Å². The first-order chi connectivity index (χ1) is 9.86. The highest BCUT2D eigenvalue weighted by molar-refractivity contribution is 5.93. The van der Waals surface area contributed by atoms with E-state index in [0.29, 0.717) is 16.9 Å². The lowest BCUT2D eigenvalue weighted by Crippen LogP contribution is -2.11. The second-order valence-electron chi connectivity index (χ2n) is 4.52. The number of carbonyl (C=O) groups excluding carboxylic acids is 1. The fraction of sp³-hybridized carbons (Fsp3) is 0.231. The number of aryl methyl sites for hydroxylation is 2. The van der Waals surface area contributed by atoms with Crippen molar-refractivity contribution in [3.8, 4) is 11.3 Å². The molecule has 0 saturated heterocycles. The predicted octanol–water partition coefficient (Wildman–Crippen LogP) is 1.84. The van der Waals surface area contributed by atoms with E-state index < -0.39 is 6.09 Å². The van der Waals surface area contributed by atoms with Crippen LogP contribution in [-0.4, -0.2) is 31.9 Å². The maximum atomic E-state index is 11.0. The van der Waals surface area contributed by atoms with Crippen LogP contribution in [0.15, 0.2) is 18.3 Å². The van der Waals surface area contributed by atoms with E-state index in [0.717, 1.165) is 5.69 Å². The monoisotopic (exact) mass is 289 g/mol. The fourth-order valence-electron chi connectivity index (χ4n) is 1.82. The smallest absolute Gasteiger partial charge is 0.409 e. The largest absolute Gasteiger partial charge is 0.465 e. The number of carboxylic acid groups (broad SMARTS) is 1. The summed E-state index contributed by atoms with van der Waals surface area (Å²) in [6, 6.07) is 3.27. The van der Waals surface area contributed by atoms with Crippen molar-refractivity contribution in [3.63, 3.8) is 0 Å². The molecule has 3 N–H and O–H groups in total. The van der Waals surface area contributed by atoms with Gasteiger partial charge < -0.3 is 10.4 Å². The highest BCUT2D eigenvalue weighted by Crippen LogP contribution is 2.28. The number of amides is 2. The second kappa shape index (κ2) is 5.61. The number of nitrogens with one attached hydrogen (secondary N) is 2. The first-order valence-electron chi connectivity index (χ1n) is 6.15. The minimum absolute atomic E-state index is 0.266. The molecule has 0 bridgehead atoms. The summed E-state index contributed by atoms with van der Waals surface area (Å²) >= 11 is 0. The van der Waals surface area contributed by atoms with Crippen LogP contribution in [0.25, 0.3) is 11.3 Å². The van der Waals surface area contributed by atoms with Crippen molar-refractivity contribution in [2.75, 3.05) is 10.6 Å². The van der Waals surface area contributed by atoms with Crippen LogP contribution in [0.2, 0.25) is 0 Å². The number of aromatic nitrogens is 3. The summed E-state index contributed by atoms with van der Waals surface area (Å²) in [5.74, 6) is -0.0205. The van der Waals surface area contributed by atoms with Gasteiger partial charge in [0.2, 0.25) is 5.91 Å². The van der Waals surface area contributed by atoms with Crippen LogP contribution in [0, 0.1) is 6.92 Å². The molecule has 0 spiro atoms. The minimum Gasteiger partial charge on any atom is -0.465 e. The van der Waals surface area contributed by atoms with Gasteiger partial charge in [0, 0.05) is 37.5 Å². The van der Waals surface area contributed by atoms with Crippen molar-refractivity contribution >= 4 is 23.5 Å². The number of carbonyl (C=O) groups is 2. The Morgan fingerprint density at radius 1 is 1.29 bits per heavy atom. The van der Waals surface area contributed by atoms with Crippen LogP contribution in [-0.2, 0) is 11.8 Å². The van der Waals surface area contributed by atoms with Crippen LogP contribution >= 0.6 is 0 Å². The molecule has 0 aliphatic heterocycles. The molecule has 0 fully saturated rings. The van der Waals surface area contributed by atoms with Gasteiger partial charge >= 0.3 is 6.09 Å². The third-order valence-corrected chi connectivity index (χ3v) is 2.84. The molecule has 0 saturated carbocycles. The molecule has 8 nitrogen and oxygen atoms in total. The molecule has 2 heterocycles. The lowest BCUT2D eigenvalue weighted by Gasteiger charge is -2.09. The minimum atomic E-state index is -1.20. The molecule has 2 aromatic heterocycles. The zero-order chi connectivity index (χ0) is 15.6. The lowest BCUT2D eigenvalue weighted by molar-refractivity contribution is -0.114. The first-order valence-corrected chi connectivity index (χ1v) is 6.15. The van der Waals surface area contributed by atoms with Gasteiger partial charge in [-0.05, 0) is 13.0 Å². The zero-order valence-electron chi connectivity index (χ0n) is 11.8. The van der Waals surface area contributed by atoms with E-state index in [1.807, 2.05) is 13.0 Å². The maximum Gasteiger partial charge on any atom is 0.409 e. The van der Waals surface area contributed by atoms with Crippen molar-refractivity contribution in [2.45, 2.75) is 13.8 Å². The molecule has 0 atom stereocenters. The molecular formula is C13H15N5O3. The quantitative estimate of drug-likeness (QED) is 0.798. The number of pyridine rings is 1. The van der Waals surface area contributed by atoms with E-state index >= 15 is 0 Å². The number of hydrogen-bond acceptors (Lipinski definition) is 4. The second-order valence-corrected chi connectivity index (χ2v) is 4.52. The highest BCUT2D eigenvalue weighted by Gasteiger charge is 2.13.